The molecule has 0 spiro atoms. The Hall–Kier alpha value is -2.00. The van der Waals surface area contributed by atoms with Crippen molar-refractivity contribution in [1.82, 2.24) is 10.2 Å². The van der Waals surface area contributed by atoms with E-state index in [9.17, 15) is 19.8 Å². The predicted molar refractivity (Wildman–Crippen MR) is 110 cm³/mol. The van der Waals surface area contributed by atoms with E-state index < -0.39 is 30.3 Å². The van der Waals surface area contributed by atoms with Crippen LogP contribution >= 0.6 is 0 Å². The first-order valence-electron chi connectivity index (χ1n) is 10.6. The Balaban J connectivity index is 1.54. The van der Waals surface area contributed by atoms with Crippen molar-refractivity contribution in [2.24, 2.45) is 5.73 Å². The molecule has 1 aromatic carbocycles. The van der Waals surface area contributed by atoms with E-state index in [4.69, 9.17) is 5.73 Å². The summed E-state index contributed by atoms with van der Waals surface area (Å²) < 4.78 is 0. The van der Waals surface area contributed by atoms with Gasteiger partial charge in [-0.3, -0.25) is 19.8 Å². The van der Waals surface area contributed by atoms with Crippen LogP contribution in [0.2, 0.25) is 0 Å². The number of carbonyl (C=O) groups is 2. The number of nitrogens with zero attached hydrogens (tertiary/aromatic N) is 1. The number of hydrogen-bond acceptors (Lipinski definition) is 7. The second-order valence-corrected chi connectivity index (χ2v) is 7.85. The molecule has 3 unspecified atom stereocenters. The van der Waals surface area contributed by atoms with Crippen molar-refractivity contribution in [1.29, 1.82) is 0 Å². The zero-order valence-electron chi connectivity index (χ0n) is 16.8. The minimum atomic E-state index is -1.14. The Kier molecular flexibility index (Phi) is 7.60. The zero-order valence-corrected chi connectivity index (χ0v) is 16.8. The first-order chi connectivity index (χ1) is 14.0. The number of hydrogen-bond donors (Lipinski definition) is 5. The van der Waals surface area contributed by atoms with Crippen molar-refractivity contribution >= 4 is 17.5 Å². The zero-order chi connectivity index (χ0) is 20.8. The van der Waals surface area contributed by atoms with Crippen LogP contribution in [-0.2, 0) is 0 Å². The van der Waals surface area contributed by atoms with Gasteiger partial charge in [-0.1, -0.05) is 25.7 Å². The van der Waals surface area contributed by atoms with Gasteiger partial charge in [-0.25, -0.2) is 0 Å². The summed E-state index contributed by atoms with van der Waals surface area (Å²) in [6.07, 6.45) is 5.63. The molecule has 0 radical (unpaired) electrons. The highest BCUT2D eigenvalue weighted by Crippen LogP contribution is 2.30. The third-order valence-electron chi connectivity index (χ3n) is 5.67. The Morgan fingerprint density at radius 3 is 2.41 bits per heavy atom. The van der Waals surface area contributed by atoms with Crippen LogP contribution in [0, 0.1) is 0 Å². The molecule has 1 saturated heterocycles. The topological polar surface area (TPSA) is 128 Å². The number of piperidine rings is 1. The lowest BCUT2D eigenvalue weighted by molar-refractivity contribution is -0.0413. The maximum Gasteiger partial charge on any atom is 0.262 e. The van der Waals surface area contributed by atoms with Crippen LogP contribution in [0.15, 0.2) is 18.2 Å². The molecule has 0 aliphatic carbocycles. The average Bonchev–Trinajstić information content (AvgIpc) is 2.94. The molecule has 8 nitrogen and oxygen atoms in total. The van der Waals surface area contributed by atoms with Gasteiger partial charge in [-0.15, -0.1) is 0 Å². The number of aliphatic hydroxyl groups is 2. The smallest absolute Gasteiger partial charge is 0.262 e. The van der Waals surface area contributed by atoms with E-state index in [2.05, 4.69) is 10.6 Å². The Labute approximate surface area is 171 Å². The summed E-state index contributed by atoms with van der Waals surface area (Å²) in [5.41, 5.74) is 7.03. The van der Waals surface area contributed by atoms with Gasteiger partial charge >= 0.3 is 0 Å². The molecule has 2 heterocycles. The number of anilines is 1. The van der Waals surface area contributed by atoms with Gasteiger partial charge in [0, 0.05) is 12.2 Å². The fourth-order valence-corrected chi connectivity index (χ4v) is 4.03. The lowest BCUT2D eigenvalue weighted by Crippen LogP contribution is -2.58. The highest BCUT2D eigenvalue weighted by molar-refractivity contribution is 6.22. The maximum absolute atomic E-state index is 12.9. The average molecular weight is 405 g/mol. The van der Waals surface area contributed by atoms with E-state index >= 15 is 0 Å². The molecule has 2 amide bonds. The minimum Gasteiger partial charge on any atom is -0.385 e. The number of amides is 2. The van der Waals surface area contributed by atoms with Crippen molar-refractivity contribution < 1.29 is 19.8 Å². The third-order valence-corrected chi connectivity index (χ3v) is 5.67. The van der Waals surface area contributed by atoms with E-state index in [0.29, 0.717) is 24.0 Å². The van der Waals surface area contributed by atoms with Crippen LogP contribution < -0.4 is 16.4 Å². The van der Waals surface area contributed by atoms with Gasteiger partial charge < -0.3 is 21.3 Å². The van der Waals surface area contributed by atoms with Gasteiger partial charge in [0.1, 0.15) is 12.5 Å². The summed E-state index contributed by atoms with van der Waals surface area (Å²) in [5.74, 6) is -0.785. The normalized spacial score (nSPS) is 24.1. The summed E-state index contributed by atoms with van der Waals surface area (Å²) in [7, 11) is 0. The first-order valence-corrected chi connectivity index (χ1v) is 10.6. The van der Waals surface area contributed by atoms with Crippen molar-refractivity contribution in [2.45, 2.75) is 69.9 Å². The number of carbonyl (C=O) groups excluding carboxylic acids is 2. The fraction of sp³-hybridized carbons (Fsp3) is 0.619. The van der Waals surface area contributed by atoms with Crippen LogP contribution in [-0.4, -0.2) is 58.5 Å². The lowest BCUT2D eigenvalue weighted by Gasteiger charge is -2.36. The highest BCUT2D eigenvalue weighted by Gasteiger charge is 2.44. The van der Waals surface area contributed by atoms with Crippen molar-refractivity contribution in [3.05, 3.63) is 29.3 Å². The van der Waals surface area contributed by atoms with Gasteiger partial charge in [-0.05, 0) is 50.4 Å². The van der Waals surface area contributed by atoms with Crippen LogP contribution in [0.4, 0.5) is 5.69 Å². The van der Waals surface area contributed by atoms with E-state index in [0.717, 1.165) is 42.9 Å². The van der Waals surface area contributed by atoms with Crippen molar-refractivity contribution in [2.75, 3.05) is 18.4 Å². The van der Waals surface area contributed by atoms with Gasteiger partial charge in [-0.2, -0.15) is 0 Å². The van der Waals surface area contributed by atoms with Crippen molar-refractivity contribution in [3.63, 3.8) is 0 Å². The monoisotopic (exact) mass is 404 g/mol. The van der Waals surface area contributed by atoms with Gasteiger partial charge in [0.25, 0.3) is 11.8 Å². The lowest BCUT2D eigenvalue weighted by atomic mass is 10.0. The molecule has 29 heavy (non-hydrogen) atoms. The van der Waals surface area contributed by atoms with Crippen LogP contribution in [0.1, 0.15) is 72.1 Å². The summed E-state index contributed by atoms with van der Waals surface area (Å²) in [5, 5.41) is 25.7. The Bertz CT molecular complexity index is 727. The van der Waals surface area contributed by atoms with E-state index in [-0.39, 0.29) is 0 Å². The quantitative estimate of drug-likeness (QED) is 0.294. The summed E-state index contributed by atoms with van der Waals surface area (Å²) >= 11 is 0. The molecule has 2 aliphatic heterocycles. The molecule has 0 aromatic heterocycles. The van der Waals surface area contributed by atoms with Crippen molar-refractivity contribution in [3.8, 4) is 0 Å². The molecule has 3 rings (SSSR count). The maximum atomic E-state index is 12.9. The number of fused-ring (bicyclic) bond motifs is 1. The standard InChI is InChI=1S/C21H32N4O4/c22-11-5-3-1-2-4-6-12-23-14-7-8-15-16(13-14)21(29)25(20(15)28)17-9-10-18(26)24-19(17)27/h7-8,13,17-19,23-24,26-27H,1-6,9-12,22H2. The van der Waals surface area contributed by atoms with E-state index in [1.165, 1.54) is 19.3 Å². The van der Waals surface area contributed by atoms with Gasteiger partial charge in [0.05, 0.1) is 17.2 Å². The molecule has 2 aliphatic rings. The fourth-order valence-electron chi connectivity index (χ4n) is 4.03. The molecule has 3 atom stereocenters. The first kappa shape index (κ1) is 21.7. The molecule has 0 bridgehead atoms. The molecule has 1 fully saturated rings. The molecule has 160 valence electrons. The second kappa shape index (κ2) is 10.2. The number of rotatable bonds is 10. The van der Waals surface area contributed by atoms with Crippen LogP contribution in [0.3, 0.4) is 0 Å². The highest BCUT2D eigenvalue weighted by atomic mass is 16.3. The van der Waals surface area contributed by atoms with Crippen LogP contribution in [0.25, 0.3) is 0 Å². The molecular formula is C21H32N4O4. The molecule has 0 saturated carbocycles. The number of unbranched alkanes of at least 4 members (excludes halogenated alkanes) is 5. The molecule has 1 aromatic rings. The molecule has 8 heteroatoms. The largest absolute Gasteiger partial charge is 0.385 e. The number of nitrogens with two attached hydrogens (primary N) is 1. The van der Waals surface area contributed by atoms with Gasteiger partial charge in [0.15, 0.2) is 0 Å². The summed E-state index contributed by atoms with van der Waals surface area (Å²) in [6, 6.07) is 4.52. The Morgan fingerprint density at radius 1 is 1.00 bits per heavy atom. The summed E-state index contributed by atoms with van der Waals surface area (Å²) in [6.45, 7) is 1.57. The minimum absolute atomic E-state index is 0.358. The SMILES string of the molecule is NCCCCCCCCNc1ccc2c(c1)C(=O)N(C1CCC(O)NC1O)C2=O. The number of nitrogens with one attached hydrogen (secondary N) is 2. The second-order valence-electron chi connectivity index (χ2n) is 7.85. The Morgan fingerprint density at radius 2 is 1.69 bits per heavy atom. The molecule has 6 N–H and O–H groups in total. The molecular weight excluding hydrogens is 372 g/mol. The number of imide groups is 1. The number of benzene rings is 1. The number of aliphatic hydroxyl groups excluding tert-OH is 2. The van der Waals surface area contributed by atoms with Gasteiger partial charge in [0.2, 0.25) is 0 Å². The summed E-state index contributed by atoms with van der Waals surface area (Å²) in [4.78, 5) is 26.7. The predicted octanol–water partition coefficient (Wildman–Crippen LogP) is 1.38. The third kappa shape index (κ3) is 5.14. The van der Waals surface area contributed by atoms with E-state index in [1.54, 1.807) is 12.1 Å². The van der Waals surface area contributed by atoms with E-state index in [1.807, 2.05) is 6.07 Å². The van der Waals surface area contributed by atoms with Crippen LogP contribution in [0.5, 0.6) is 0 Å².